The van der Waals surface area contributed by atoms with Gasteiger partial charge in [-0.25, -0.2) is 0 Å². The first kappa shape index (κ1) is 20.1. The van der Waals surface area contributed by atoms with E-state index in [4.69, 9.17) is 10.5 Å². The lowest BCUT2D eigenvalue weighted by atomic mass is 10.0. The van der Waals surface area contributed by atoms with E-state index in [-0.39, 0.29) is 0 Å². The SMILES string of the molecule is CC#CCN(C)[C@H](C)Cc1cccc(NCc2cc(C#N)cc(C#N)c2)c1. The normalized spacial score (nSPS) is 11.0. The number of nitrogens with one attached hydrogen (secondary N) is 1. The molecule has 2 aromatic rings. The van der Waals surface area contributed by atoms with Gasteiger partial charge in [-0.15, -0.1) is 5.92 Å². The van der Waals surface area contributed by atoms with Gasteiger partial charge in [0.15, 0.2) is 0 Å². The summed E-state index contributed by atoms with van der Waals surface area (Å²) in [6.45, 7) is 5.40. The van der Waals surface area contributed by atoms with Crippen LogP contribution in [0.25, 0.3) is 0 Å². The van der Waals surface area contributed by atoms with E-state index < -0.39 is 0 Å². The van der Waals surface area contributed by atoms with E-state index >= 15 is 0 Å². The number of nitrogens with zero attached hydrogens (tertiary/aromatic N) is 3. The van der Waals surface area contributed by atoms with Crippen molar-refractivity contribution in [1.82, 2.24) is 4.90 Å². The lowest BCUT2D eigenvalue weighted by Gasteiger charge is -2.22. The lowest BCUT2D eigenvalue weighted by Crippen LogP contribution is -2.31. The highest BCUT2D eigenvalue weighted by Crippen LogP contribution is 2.16. The van der Waals surface area contributed by atoms with E-state index in [2.05, 4.69) is 60.3 Å². The van der Waals surface area contributed by atoms with Crippen LogP contribution < -0.4 is 5.32 Å². The van der Waals surface area contributed by atoms with E-state index in [1.54, 1.807) is 6.07 Å². The Morgan fingerprint density at radius 3 is 2.37 bits per heavy atom. The van der Waals surface area contributed by atoms with E-state index in [9.17, 15) is 0 Å². The van der Waals surface area contributed by atoms with Gasteiger partial charge in [0, 0.05) is 18.3 Å². The summed E-state index contributed by atoms with van der Waals surface area (Å²) < 4.78 is 0. The third-order valence-electron chi connectivity index (χ3n) is 4.46. The summed E-state index contributed by atoms with van der Waals surface area (Å²) in [5, 5.41) is 21.6. The molecule has 0 unspecified atom stereocenters. The van der Waals surface area contributed by atoms with Gasteiger partial charge in [-0.3, -0.25) is 4.90 Å². The Hall–Kier alpha value is -3.26. The minimum absolute atomic E-state index is 0.395. The maximum absolute atomic E-state index is 9.09. The zero-order valence-corrected chi connectivity index (χ0v) is 16.1. The van der Waals surface area contributed by atoms with Crippen LogP contribution in [-0.4, -0.2) is 24.5 Å². The molecule has 4 nitrogen and oxygen atoms in total. The summed E-state index contributed by atoms with van der Waals surface area (Å²) >= 11 is 0. The van der Waals surface area contributed by atoms with Gasteiger partial charge in [-0.2, -0.15) is 10.5 Å². The number of likely N-dealkylation sites (N-methyl/N-ethyl adjacent to an activating group) is 1. The van der Waals surface area contributed by atoms with Crippen LogP contribution in [-0.2, 0) is 13.0 Å². The average Bonchev–Trinajstić information content (AvgIpc) is 2.70. The van der Waals surface area contributed by atoms with Gasteiger partial charge in [-0.1, -0.05) is 18.1 Å². The van der Waals surface area contributed by atoms with Crippen LogP contribution >= 0.6 is 0 Å². The van der Waals surface area contributed by atoms with Crippen LogP contribution in [0.15, 0.2) is 42.5 Å². The molecule has 4 heteroatoms. The molecule has 0 amide bonds. The van der Waals surface area contributed by atoms with E-state index in [0.29, 0.717) is 23.7 Å². The number of anilines is 1. The lowest BCUT2D eigenvalue weighted by molar-refractivity contribution is 0.287. The summed E-state index contributed by atoms with van der Waals surface area (Å²) in [4.78, 5) is 2.24. The fraction of sp³-hybridized carbons (Fsp3) is 0.304. The maximum atomic E-state index is 9.09. The molecule has 0 spiro atoms. The Bertz CT molecular complexity index is 890. The highest BCUT2D eigenvalue weighted by molar-refractivity contribution is 5.48. The third kappa shape index (κ3) is 6.19. The highest BCUT2D eigenvalue weighted by atomic mass is 15.1. The first-order valence-electron chi connectivity index (χ1n) is 8.92. The van der Waals surface area contributed by atoms with Crippen LogP contribution in [0.2, 0.25) is 0 Å². The molecule has 0 aromatic heterocycles. The van der Waals surface area contributed by atoms with Crippen LogP contribution in [0.3, 0.4) is 0 Å². The highest BCUT2D eigenvalue weighted by Gasteiger charge is 2.09. The second-order valence-electron chi connectivity index (χ2n) is 6.59. The summed E-state index contributed by atoms with van der Waals surface area (Å²) in [6.07, 6.45) is 0.944. The Morgan fingerprint density at radius 2 is 1.74 bits per heavy atom. The largest absolute Gasteiger partial charge is 0.381 e. The molecule has 0 saturated carbocycles. The summed E-state index contributed by atoms with van der Waals surface area (Å²) in [5.41, 5.74) is 4.21. The number of hydrogen-bond donors (Lipinski definition) is 1. The van der Waals surface area contributed by atoms with Crippen LogP contribution in [0.4, 0.5) is 5.69 Å². The predicted molar refractivity (Wildman–Crippen MR) is 109 cm³/mol. The molecule has 1 N–H and O–H groups in total. The zero-order chi connectivity index (χ0) is 19.6. The van der Waals surface area contributed by atoms with E-state index in [1.807, 2.05) is 31.2 Å². The molecule has 0 fully saturated rings. The third-order valence-corrected chi connectivity index (χ3v) is 4.46. The van der Waals surface area contributed by atoms with Gasteiger partial charge in [0.2, 0.25) is 0 Å². The minimum Gasteiger partial charge on any atom is -0.381 e. The zero-order valence-electron chi connectivity index (χ0n) is 16.1. The van der Waals surface area contributed by atoms with Crippen molar-refractivity contribution in [2.75, 3.05) is 18.9 Å². The fourth-order valence-electron chi connectivity index (χ4n) is 2.79. The van der Waals surface area contributed by atoms with E-state index in [1.165, 1.54) is 5.56 Å². The molecular formula is C23H24N4. The molecule has 0 heterocycles. The van der Waals surface area contributed by atoms with Crippen LogP contribution in [0, 0.1) is 34.5 Å². The monoisotopic (exact) mass is 356 g/mol. The first-order valence-corrected chi connectivity index (χ1v) is 8.92. The van der Waals surface area contributed by atoms with Gasteiger partial charge in [0.1, 0.15) is 0 Å². The topological polar surface area (TPSA) is 62.9 Å². The average molecular weight is 356 g/mol. The molecule has 0 aliphatic heterocycles. The Morgan fingerprint density at radius 1 is 1.04 bits per heavy atom. The second kappa shape index (κ2) is 10.0. The predicted octanol–water partition coefficient (Wildman–Crippen LogP) is 3.93. The van der Waals surface area contributed by atoms with Crippen molar-refractivity contribution in [3.8, 4) is 24.0 Å². The second-order valence-corrected chi connectivity index (χ2v) is 6.59. The van der Waals surface area contributed by atoms with Gasteiger partial charge < -0.3 is 5.32 Å². The Balaban J connectivity index is 2.03. The number of benzene rings is 2. The Kier molecular flexibility index (Phi) is 7.45. The summed E-state index contributed by atoms with van der Waals surface area (Å²) in [5.74, 6) is 6.03. The minimum atomic E-state index is 0.395. The standard InChI is InChI=1S/C23H24N4/c1-4-5-9-27(3)18(2)10-19-7-6-8-23(14-19)26-17-22-12-20(15-24)11-21(13-22)16-25/h6-8,11-14,18,26H,9-10,17H2,1-3H3/t18-/m1/s1. The van der Waals surface area contributed by atoms with Crippen molar-refractivity contribution in [2.45, 2.75) is 32.9 Å². The molecule has 0 aliphatic rings. The van der Waals surface area contributed by atoms with E-state index in [0.717, 1.165) is 24.2 Å². The number of hydrogen-bond acceptors (Lipinski definition) is 4. The van der Waals surface area contributed by atoms with Crippen molar-refractivity contribution in [1.29, 1.82) is 10.5 Å². The maximum Gasteiger partial charge on any atom is 0.0992 e. The van der Waals surface area contributed by atoms with Gasteiger partial charge in [-0.05, 0) is 68.8 Å². The number of rotatable bonds is 7. The van der Waals surface area contributed by atoms with Crippen molar-refractivity contribution in [3.05, 3.63) is 64.7 Å². The Labute approximate surface area is 162 Å². The smallest absolute Gasteiger partial charge is 0.0992 e. The van der Waals surface area contributed by atoms with Crippen molar-refractivity contribution >= 4 is 5.69 Å². The van der Waals surface area contributed by atoms with Crippen molar-refractivity contribution in [2.24, 2.45) is 0 Å². The van der Waals surface area contributed by atoms with Gasteiger partial charge in [0.25, 0.3) is 0 Å². The molecule has 0 saturated heterocycles. The van der Waals surface area contributed by atoms with Gasteiger partial charge >= 0.3 is 0 Å². The number of nitriles is 2. The molecule has 1 atom stereocenters. The van der Waals surface area contributed by atoms with Crippen LogP contribution in [0.5, 0.6) is 0 Å². The first-order chi connectivity index (χ1) is 13.0. The molecule has 2 rings (SSSR count). The summed E-state index contributed by atoms with van der Waals surface area (Å²) in [7, 11) is 2.09. The fourth-order valence-corrected chi connectivity index (χ4v) is 2.79. The van der Waals surface area contributed by atoms with Crippen LogP contribution in [0.1, 0.15) is 36.1 Å². The van der Waals surface area contributed by atoms with Crippen molar-refractivity contribution in [3.63, 3.8) is 0 Å². The molecule has 0 aliphatic carbocycles. The van der Waals surface area contributed by atoms with Crippen molar-refractivity contribution < 1.29 is 0 Å². The molecule has 0 radical (unpaired) electrons. The molecular weight excluding hydrogens is 332 g/mol. The molecule has 2 aromatic carbocycles. The summed E-state index contributed by atoms with van der Waals surface area (Å²) in [6, 6.07) is 18.2. The molecule has 27 heavy (non-hydrogen) atoms. The molecule has 136 valence electrons. The quantitative estimate of drug-likeness (QED) is 0.764. The molecule has 0 bridgehead atoms. The van der Waals surface area contributed by atoms with Gasteiger partial charge in [0.05, 0.1) is 29.8 Å².